The fourth-order valence-corrected chi connectivity index (χ4v) is 2.61. The lowest BCUT2D eigenvalue weighted by Crippen LogP contribution is -2.23. The highest BCUT2D eigenvalue weighted by Crippen LogP contribution is 2.30. The van der Waals surface area contributed by atoms with Gasteiger partial charge in [0.25, 0.3) is 5.91 Å². The van der Waals surface area contributed by atoms with Crippen molar-refractivity contribution in [3.63, 3.8) is 0 Å². The van der Waals surface area contributed by atoms with Crippen LogP contribution in [-0.4, -0.2) is 46.8 Å². The van der Waals surface area contributed by atoms with E-state index in [0.29, 0.717) is 30.6 Å². The van der Waals surface area contributed by atoms with Gasteiger partial charge < -0.3 is 31.5 Å². The van der Waals surface area contributed by atoms with Crippen molar-refractivity contribution in [1.29, 1.82) is 0 Å². The molecule has 3 rings (SSSR count). The molecule has 1 aliphatic heterocycles. The number of fused-ring (bicyclic) bond motifs is 1. The van der Waals surface area contributed by atoms with Crippen molar-refractivity contribution in [2.24, 2.45) is 5.73 Å². The maximum Gasteiger partial charge on any atom is 0.254 e. The third-order valence-electron chi connectivity index (χ3n) is 4.07. The van der Waals surface area contributed by atoms with Crippen LogP contribution in [0.2, 0.25) is 0 Å². The Morgan fingerprint density at radius 2 is 2.29 bits per heavy atom. The normalized spacial score (nSPS) is 15.1. The zero-order valence-electron chi connectivity index (χ0n) is 15.7. The smallest absolute Gasteiger partial charge is 0.254 e. The summed E-state index contributed by atoms with van der Waals surface area (Å²) in [5.74, 6) is 0.843. The zero-order valence-corrected chi connectivity index (χ0v) is 16.7. The van der Waals surface area contributed by atoms with Gasteiger partial charge in [-0.3, -0.25) is 4.79 Å². The number of carbonyl (C=O) groups excluding carboxylic acids is 1. The molecule has 9 nitrogen and oxygen atoms in total. The first kappa shape index (κ1) is 21.6. The summed E-state index contributed by atoms with van der Waals surface area (Å²) in [7, 11) is 0. The summed E-state index contributed by atoms with van der Waals surface area (Å²) in [6.45, 7) is 3.43. The minimum Gasteiger partial charge on any atom is -0.489 e. The van der Waals surface area contributed by atoms with Crippen LogP contribution in [0, 0.1) is 0 Å². The van der Waals surface area contributed by atoms with Crippen molar-refractivity contribution >= 4 is 42.5 Å². The van der Waals surface area contributed by atoms with E-state index in [4.69, 9.17) is 10.5 Å². The topological polar surface area (TPSA) is 134 Å². The average Bonchev–Trinajstić information content (AvgIpc) is 2.83. The number of aromatic nitrogens is 2. The maximum atomic E-state index is 11.6. The van der Waals surface area contributed by atoms with E-state index >= 15 is 0 Å². The molecule has 0 spiro atoms. The van der Waals surface area contributed by atoms with E-state index in [1.165, 1.54) is 6.20 Å². The van der Waals surface area contributed by atoms with E-state index in [2.05, 4.69) is 32.8 Å². The first-order valence-electron chi connectivity index (χ1n) is 8.93. The van der Waals surface area contributed by atoms with Gasteiger partial charge in [0.2, 0.25) is 5.95 Å². The molecule has 1 atom stereocenters. The number of nitrogens with one attached hydrogen (secondary N) is 3. The van der Waals surface area contributed by atoms with Gasteiger partial charge in [-0.25, -0.2) is 4.98 Å². The van der Waals surface area contributed by atoms with Gasteiger partial charge in [-0.1, -0.05) is 13.3 Å². The average molecular weight is 407 g/mol. The summed E-state index contributed by atoms with van der Waals surface area (Å²) in [5.41, 5.74) is 7.17. The monoisotopic (exact) mass is 406 g/mol. The fourth-order valence-electron chi connectivity index (χ4n) is 2.61. The molecule has 1 amide bonds. The second-order valence-electron chi connectivity index (χ2n) is 6.28. The number of anilines is 4. The van der Waals surface area contributed by atoms with Crippen LogP contribution in [0.25, 0.3) is 0 Å². The molecule has 0 saturated carbocycles. The van der Waals surface area contributed by atoms with Gasteiger partial charge in [0.15, 0.2) is 0 Å². The van der Waals surface area contributed by atoms with Crippen molar-refractivity contribution < 1.29 is 14.6 Å². The Balaban J connectivity index is 0.00000280. The lowest BCUT2D eigenvalue weighted by molar-refractivity contribution is 0.100. The first-order chi connectivity index (χ1) is 13.1. The highest BCUT2D eigenvalue weighted by Gasteiger charge is 2.16. The van der Waals surface area contributed by atoms with Gasteiger partial charge in [0.05, 0.1) is 11.3 Å². The highest BCUT2D eigenvalue weighted by atomic mass is 32.1. The van der Waals surface area contributed by atoms with E-state index in [9.17, 15) is 9.90 Å². The Morgan fingerprint density at radius 3 is 3.04 bits per heavy atom. The Labute approximate surface area is 170 Å². The molecule has 152 valence electrons. The van der Waals surface area contributed by atoms with Crippen LogP contribution in [0.3, 0.4) is 0 Å². The molecule has 1 aromatic heterocycles. The minimum atomic E-state index is -0.578. The molecule has 0 unspecified atom stereocenters. The molecule has 0 saturated heterocycles. The molecular weight excluding hydrogens is 380 g/mol. The molecule has 1 aromatic carbocycles. The molecule has 0 bridgehead atoms. The number of hydrogen-bond acceptors (Lipinski definition) is 8. The van der Waals surface area contributed by atoms with Gasteiger partial charge in [-0.05, 0) is 24.6 Å². The van der Waals surface area contributed by atoms with Crippen molar-refractivity contribution in [2.45, 2.75) is 25.9 Å². The number of primary amides is 1. The molecule has 6 N–H and O–H groups in total. The Kier molecular flexibility index (Phi) is 7.70. The second kappa shape index (κ2) is 10.00. The van der Waals surface area contributed by atoms with Crippen LogP contribution >= 0.6 is 13.5 Å². The summed E-state index contributed by atoms with van der Waals surface area (Å²) >= 11 is 0. The Morgan fingerprint density at radius 1 is 1.46 bits per heavy atom. The highest BCUT2D eigenvalue weighted by molar-refractivity contribution is 7.59. The van der Waals surface area contributed by atoms with Gasteiger partial charge in [0, 0.05) is 25.0 Å². The largest absolute Gasteiger partial charge is 0.489 e. The van der Waals surface area contributed by atoms with Crippen molar-refractivity contribution in [3.05, 3.63) is 30.0 Å². The van der Waals surface area contributed by atoms with Gasteiger partial charge in [0.1, 0.15) is 24.3 Å². The van der Waals surface area contributed by atoms with Crippen LogP contribution in [-0.2, 0) is 0 Å². The van der Waals surface area contributed by atoms with E-state index < -0.39 is 12.0 Å². The predicted octanol–water partition coefficient (Wildman–Crippen LogP) is 1.81. The molecule has 28 heavy (non-hydrogen) atoms. The van der Waals surface area contributed by atoms with E-state index in [-0.39, 0.29) is 25.7 Å². The SMILES string of the molecule is CCCCNc1nc(Nc2ccc3c(c2)NC[C@H](O)CO3)ncc1C(N)=O.S. The molecule has 0 aliphatic carbocycles. The number of β-amino-alcohol motifs (C(OH)–C–C–N with tert-alkyl or cyclic N) is 1. The number of unbranched alkanes of at least 4 members (excludes halogenated alkanes) is 1. The van der Waals surface area contributed by atoms with Gasteiger partial charge >= 0.3 is 0 Å². The number of aliphatic hydroxyl groups excluding tert-OH is 1. The quantitative estimate of drug-likeness (QED) is 0.440. The number of carbonyl (C=O) groups is 1. The third kappa shape index (κ3) is 5.40. The van der Waals surface area contributed by atoms with Gasteiger partial charge in [-0.15, -0.1) is 0 Å². The van der Waals surface area contributed by atoms with E-state index in [1.54, 1.807) is 6.07 Å². The standard InChI is InChI=1S/C18H24N6O3.H2S/c1-2-3-6-20-17-13(16(19)26)9-22-18(24-17)23-11-4-5-15-14(7-11)21-8-12(25)10-27-15;/h4-5,7,9,12,21,25H,2-3,6,8,10H2,1H3,(H2,19,26)(H2,20,22,23,24);1H2/t12-;/m0./s1. The number of rotatable bonds is 7. The Bertz CT molecular complexity index is 820. The first-order valence-corrected chi connectivity index (χ1v) is 8.93. The number of aliphatic hydroxyl groups is 1. The summed E-state index contributed by atoms with van der Waals surface area (Å²) in [4.78, 5) is 20.1. The van der Waals surface area contributed by atoms with E-state index in [0.717, 1.165) is 24.2 Å². The molecule has 0 radical (unpaired) electrons. The molecule has 10 heteroatoms. The lowest BCUT2D eigenvalue weighted by Gasteiger charge is -2.13. The maximum absolute atomic E-state index is 11.6. The molecule has 0 fully saturated rings. The molecule has 1 aliphatic rings. The third-order valence-corrected chi connectivity index (χ3v) is 4.07. The summed E-state index contributed by atoms with van der Waals surface area (Å²) in [5, 5.41) is 19.1. The van der Waals surface area contributed by atoms with Crippen LogP contribution in [0.4, 0.5) is 23.1 Å². The number of benzene rings is 1. The summed E-state index contributed by atoms with van der Waals surface area (Å²) < 4.78 is 5.55. The Hall–Kier alpha value is -2.72. The van der Waals surface area contributed by atoms with Crippen LogP contribution in [0.5, 0.6) is 5.75 Å². The predicted molar refractivity (Wildman–Crippen MR) is 114 cm³/mol. The number of ether oxygens (including phenoxy) is 1. The summed E-state index contributed by atoms with van der Waals surface area (Å²) in [6, 6.07) is 5.48. The number of nitrogens with zero attached hydrogens (tertiary/aromatic N) is 2. The molecule has 2 aromatic rings. The van der Waals surface area contributed by atoms with Crippen LogP contribution < -0.4 is 26.4 Å². The second-order valence-corrected chi connectivity index (χ2v) is 6.28. The van der Waals surface area contributed by atoms with E-state index in [1.807, 2.05) is 12.1 Å². The van der Waals surface area contributed by atoms with Crippen molar-refractivity contribution in [2.75, 3.05) is 35.6 Å². The van der Waals surface area contributed by atoms with Crippen molar-refractivity contribution in [1.82, 2.24) is 9.97 Å². The van der Waals surface area contributed by atoms with Crippen molar-refractivity contribution in [3.8, 4) is 5.75 Å². The molecular formula is C18H26N6O3S. The zero-order chi connectivity index (χ0) is 19.2. The minimum absolute atomic E-state index is 0. The number of nitrogens with two attached hydrogens (primary N) is 1. The van der Waals surface area contributed by atoms with Gasteiger partial charge in [-0.2, -0.15) is 18.5 Å². The fraction of sp³-hybridized carbons (Fsp3) is 0.389. The molecule has 2 heterocycles. The summed E-state index contributed by atoms with van der Waals surface area (Å²) in [6.07, 6.45) is 2.82. The lowest BCUT2D eigenvalue weighted by atomic mass is 10.2. The number of amides is 1. The number of hydrogen-bond donors (Lipinski definition) is 5. The van der Waals surface area contributed by atoms with Crippen LogP contribution in [0.1, 0.15) is 30.1 Å². The van der Waals surface area contributed by atoms with Crippen LogP contribution in [0.15, 0.2) is 24.4 Å².